The molecule has 1 N–H and O–H groups in total. The van der Waals surface area contributed by atoms with Gasteiger partial charge < -0.3 is 0 Å². The highest BCUT2D eigenvalue weighted by Gasteiger charge is 2.20. The minimum absolute atomic E-state index is 0.736. The lowest BCUT2D eigenvalue weighted by Crippen LogP contribution is -2.34. The van der Waals surface area contributed by atoms with E-state index in [1.54, 1.807) is 0 Å². The van der Waals surface area contributed by atoms with Gasteiger partial charge in [0.2, 0.25) is 0 Å². The maximum atomic E-state index is 4.50. The Labute approximate surface area is 136 Å². The van der Waals surface area contributed by atoms with Crippen molar-refractivity contribution in [2.75, 3.05) is 13.1 Å². The fourth-order valence-electron chi connectivity index (χ4n) is 2.77. The first-order chi connectivity index (χ1) is 10.7. The molecule has 118 valence electrons. The maximum absolute atomic E-state index is 4.50. The van der Waals surface area contributed by atoms with Crippen LogP contribution in [-0.4, -0.2) is 38.4 Å². The van der Waals surface area contributed by atoms with Crippen molar-refractivity contribution >= 4 is 11.8 Å². The van der Waals surface area contributed by atoms with Gasteiger partial charge in [0.1, 0.15) is 11.6 Å². The number of aromatic amines is 1. The normalized spacial score (nSPS) is 17.0. The summed E-state index contributed by atoms with van der Waals surface area (Å²) in [6, 6.07) is 8.89. The second kappa shape index (κ2) is 7.29. The Hall–Kier alpha value is -1.33. The molecule has 0 spiro atoms. The van der Waals surface area contributed by atoms with Gasteiger partial charge in [-0.25, -0.2) is 4.98 Å². The van der Waals surface area contributed by atoms with Crippen LogP contribution in [0.25, 0.3) is 0 Å². The quantitative estimate of drug-likeness (QED) is 0.918. The van der Waals surface area contributed by atoms with Crippen molar-refractivity contribution in [3.05, 3.63) is 41.5 Å². The molecular formula is C17H24N4S. The number of rotatable bonds is 5. The van der Waals surface area contributed by atoms with Crippen molar-refractivity contribution in [2.24, 2.45) is 0 Å². The molecule has 0 saturated carbocycles. The van der Waals surface area contributed by atoms with E-state index >= 15 is 0 Å². The summed E-state index contributed by atoms with van der Waals surface area (Å²) in [4.78, 5) is 8.38. The maximum Gasteiger partial charge on any atom is 0.150 e. The van der Waals surface area contributed by atoms with Crippen molar-refractivity contribution < 1.29 is 0 Å². The van der Waals surface area contributed by atoms with Crippen LogP contribution in [0.5, 0.6) is 0 Å². The molecule has 1 aromatic heterocycles. The van der Waals surface area contributed by atoms with Crippen LogP contribution in [-0.2, 0) is 13.0 Å². The van der Waals surface area contributed by atoms with E-state index in [-0.39, 0.29) is 0 Å². The van der Waals surface area contributed by atoms with Gasteiger partial charge in [0, 0.05) is 16.6 Å². The van der Waals surface area contributed by atoms with Crippen molar-refractivity contribution in [1.29, 1.82) is 0 Å². The van der Waals surface area contributed by atoms with E-state index in [1.807, 2.05) is 11.8 Å². The number of nitrogens with zero attached hydrogens (tertiary/aromatic N) is 3. The molecule has 0 bridgehead atoms. The molecule has 1 aliphatic rings. The first-order valence-corrected chi connectivity index (χ1v) is 8.96. The number of thioether (sulfide) groups is 1. The van der Waals surface area contributed by atoms with Crippen LogP contribution in [0.4, 0.5) is 0 Å². The van der Waals surface area contributed by atoms with Gasteiger partial charge in [-0.3, -0.25) is 10.00 Å². The molecule has 4 nitrogen and oxygen atoms in total. The molecule has 5 heteroatoms. The smallest absolute Gasteiger partial charge is 0.150 e. The van der Waals surface area contributed by atoms with Gasteiger partial charge in [-0.15, -0.1) is 11.8 Å². The van der Waals surface area contributed by atoms with Crippen LogP contribution in [0.1, 0.15) is 37.0 Å². The fourth-order valence-corrected chi connectivity index (χ4v) is 3.89. The Balaban J connectivity index is 1.46. The standard InChI is InChI=1S/C17H24N4S/c1-3-16-18-17(20-19-16)12-21-10-8-15(9-11-21)22-14-6-4-13(2)5-7-14/h4-7,15H,3,8-12H2,1-2H3,(H,18,19,20). The van der Waals surface area contributed by atoms with Crippen LogP contribution in [0.2, 0.25) is 0 Å². The van der Waals surface area contributed by atoms with E-state index in [4.69, 9.17) is 0 Å². The zero-order valence-electron chi connectivity index (χ0n) is 13.4. The molecule has 0 amide bonds. The van der Waals surface area contributed by atoms with Crippen molar-refractivity contribution in [3.8, 4) is 0 Å². The van der Waals surface area contributed by atoms with Gasteiger partial charge in [0.25, 0.3) is 0 Å². The van der Waals surface area contributed by atoms with Crippen LogP contribution >= 0.6 is 11.8 Å². The topological polar surface area (TPSA) is 44.8 Å². The molecule has 0 radical (unpaired) electrons. The number of likely N-dealkylation sites (tertiary alicyclic amines) is 1. The van der Waals surface area contributed by atoms with Gasteiger partial charge >= 0.3 is 0 Å². The Morgan fingerprint density at radius 2 is 1.95 bits per heavy atom. The summed E-state index contributed by atoms with van der Waals surface area (Å²) in [7, 11) is 0. The largest absolute Gasteiger partial charge is 0.296 e. The number of H-pyrrole nitrogens is 1. The summed E-state index contributed by atoms with van der Waals surface area (Å²) in [5.41, 5.74) is 1.33. The lowest BCUT2D eigenvalue weighted by Gasteiger charge is -2.30. The average Bonchev–Trinajstić information content (AvgIpc) is 2.99. The number of piperidine rings is 1. The van der Waals surface area contributed by atoms with E-state index in [9.17, 15) is 0 Å². The van der Waals surface area contributed by atoms with Crippen LogP contribution < -0.4 is 0 Å². The summed E-state index contributed by atoms with van der Waals surface area (Å²) in [5.74, 6) is 1.92. The average molecular weight is 316 g/mol. The van der Waals surface area contributed by atoms with Gasteiger partial charge in [0.05, 0.1) is 6.54 Å². The fraction of sp³-hybridized carbons (Fsp3) is 0.529. The number of hydrogen-bond acceptors (Lipinski definition) is 4. The minimum atomic E-state index is 0.736. The highest BCUT2D eigenvalue weighted by Crippen LogP contribution is 2.30. The number of aryl methyl sites for hydroxylation is 2. The number of benzene rings is 1. The Bertz CT molecular complexity index is 585. The lowest BCUT2D eigenvalue weighted by atomic mass is 10.1. The first-order valence-electron chi connectivity index (χ1n) is 8.09. The summed E-state index contributed by atoms with van der Waals surface area (Å²) in [5, 5.41) is 8.00. The van der Waals surface area contributed by atoms with E-state index in [1.165, 1.54) is 23.3 Å². The minimum Gasteiger partial charge on any atom is -0.296 e. The van der Waals surface area contributed by atoms with Crippen molar-refractivity contribution in [3.63, 3.8) is 0 Å². The number of aromatic nitrogens is 3. The van der Waals surface area contributed by atoms with Gasteiger partial charge in [-0.05, 0) is 45.0 Å². The SMILES string of the molecule is CCc1n[nH]c(CN2CCC(Sc3ccc(C)cc3)CC2)n1. The second-order valence-electron chi connectivity index (χ2n) is 5.96. The monoisotopic (exact) mass is 316 g/mol. The molecule has 0 atom stereocenters. The molecular weight excluding hydrogens is 292 g/mol. The Kier molecular flexibility index (Phi) is 5.16. The molecule has 0 aliphatic carbocycles. The highest BCUT2D eigenvalue weighted by molar-refractivity contribution is 8.00. The third kappa shape index (κ3) is 4.11. The molecule has 22 heavy (non-hydrogen) atoms. The predicted molar refractivity (Wildman–Crippen MR) is 91.1 cm³/mol. The van der Waals surface area contributed by atoms with Gasteiger partial charge in [0.15, 0.2) is 0 Å². The van der Waals surface area contributed by atoms with Crippen LogP contribution in [0.3, 0.4) is 0 Å². The molecule has 3 rings (SSSR count). The number of hydrogen-bond donors (Lipinski definition) is 1. The molecule has 0 unspecified atom stereocenters. The molecule has 1 aromatic carbocycles. The summed E-state index contributed by atoms with van der Waals surface area (Å²) < 4.78 is 0. The van der Waals surface area contributed by atoms with Crippen LogP contribution in [0, 0.1) is 6.92 Å². The molecule has 1 saturated heterocycles. The second-order valence-corrected chi connectivity index (χ2v) is 7.33. The third-order valence-corrected chi connectivity index (χ3v) is 5.48. The van der Waals surface area contributed by atoms with Crippen LogP contribution in [0.15, 0.2) is 29.2 Å². The molecule has 1 fully saturated rings. The van der Waals surface area contributed by atoms with Crippen molar-refractivity contribution in [2.45, 2.75) is 49.8 Å². The summed E-state index contributed by atoms with van der Waals surface area (Å²) in [6.45, 7) is 7.41. The molecule has 2 heterocycles. The highest BCUT2D eigenvalue weighted by atomic mass is 32.2. The zero-order chi connectivity index (χ0) is 15.4. The lowest BCUT2D eigenvalue weighted by molar-refractivity contribution is 0.220. The summed E-state index contributed by atoms with van der Waals surface area (Å²) in [6.07, 6.45) is 3.38. The summed E-state index contributed by atoms with van der Waals surface area (Å²) >= 11 is 2.03. The van der Waals surface area contributed by atoms with E-state index in [0.29, 0.717) is 0 Å². The van der Waals surface area contributed by atoms with Crippen molar-refractivity contribution in [1.82, 2.24) is 20.1 Å². The zero-order valence-corrected chi connectivity index (χ0v) is 14.2. The molecule has 2 aromatic rings. The van der Waals surface area contributed by atoms with E-state index in [0.717, 1.165) is 43.0 Å². The third-order valence-electron chi connectivity index (χ3n) is 4.13. The Morgan fingerprint density at radius 1 is 1.23 bits per heavy atom. The van der Waals surface area contributed by atoms with E-state index in [2.05, 4.69) is 58.2 Å². The Morgan fingerprint density at radius 3 is 2.59 bits per heavy atom. The molecule has 1 aliphatic heterocycles. The van der Waals surface area contributed by atoms with Gasteiger partial charge in [-0.1, -0.05) is 24.6 Å². The van der Waals surface area contributed by atoms with Gasteiger partial charge in [-0.2, -0.15) is 5.10 Å². The first kappa shape index (κ1) is 15.6. The number of nitrogens with one attached hydrogen (secondary N) is 1. The predicted octanol–water partition coefficient (Wildman–Crippen LogP) is 3.43. The van der Waals surface area contributed by atoms with E-state index < -0.39 is 0 Å².